The van der Waals surface area contributed by atoms with E-state index in [0.717, 1.165) is 30.0 Å². The number of benzene rings is 1. The minimum Gasteiger partial charge on any atom is -0.493 e. The minimum atomic E-state index is -0.188. The summed E-state index contributed by atoms with van der Waals surface area (Å²) in [6.07, 6.45) is 3.52. The van der Waals surface area contributed by atoms with Gasteiger partial charge >= 0.3 is 0 Å². The molecule has 0 spiro atoms. The number of likely N-dealkylation sites (N-methyl/N-ethyl adjacent to an activating group) is 1. The van der Waals surface area contributed by atoms with Crippen molar-refractivity contribution in [3.8, 4) is 11.5 Å². The molecule has 0 radical (unpaired) electrons. The first kappa shape index (κ1) is 16.9. The zero-order chi connectivity index (χ0) is 18.1. The van der Waals surface area contributed by atoms with Crippen LogP contribution >= 0.6 is 0 Å². The standard InChI is InChI=1S/C19H23N3O4/c1-22(9-8-16-20-18(26-21-16)12-6-7-12)19(23)14-10-13-4-3-5-15(24-2)17(13)25-11-14/h3-5,12,14H,6-11H2,1-2H3/t14-/m0/s1. The van der Waals surface area contributed by atoms with Gasteiger partial charge in [-0.25, -0.2) is 0 Å². The molecule has 0 saturated heterocycles. The van der Waals surface area contributed by atoms with E-state index in [4.69, 9.17) is 14.0 Å². The molecule has 4 rings (SSSR count). The lowest BCUT2D eigenvalue weighted by molar-refractivity contribution is -0.135. The summed E-state index contributed by atoms with van der Waals surface area (Å²) in [7, 11) is 3.43. The number of carbonyl (C=O) groups excluding carboxylic acids is 1. The van der Waals surface area contributed by atoms with E-state index in [0.29, 0.717) is 43.5 Å². The molecule has 2 aliphatic rings. The molecule has 1 atom stereocenters. The molecule has 1 aliphatic carbocycles. The maximum absolute atomic E-state index is 12.8. The first-order valence-corrected chi connectivity index (χ1v) is 9.02. The summed E-state index contributed by atoms with van der Waals surface area (Å²) in [4.78, 5) is 18.9. The van der Waals surface area contributed by atoms with Gasteiger partial charge in [-0.3, -0.25) is 4.79 Å². The average Bonchev–Trinajstić information content (AvgIpc) is 3.42. The van der Waals surface area contributed by atoms with E-state index in [2.05, 4.69) is 10.1 Å². The predicted molar refractivity (Wildman–Crippen MR) is 93.3 cm³/mol. The largest absolute Gasteiger partial charge is 0.493 e. The van der Waals surface area contributed by atoms with Crippen LogP contribution in [0.4, 0.5) is 0 Å². The van der Waals surface area contributed by atoms with Crippen molar-refractivity contribution in [1.29, 1.82) is 0 Å². The van der Waals surface area contributed by atoms with Gasteiger partial charge in [-0.15, -0.1) is 0 Å². The van der Waals surface area contributed by atoms with E-state index in [1.165, 1.54) is 0 Å². The van der Waals surface area contributed by atoms with Crippen LogP contribution in [-0.4, -0.2) is 48.3 Å². The minimum absolute atomic E-state index is 0.0735. The summed E-state index contributed by atoms with van der Waals surface area (Å²) in [5.41, 5.74) is 1.01. The summed E-state index contributed by atoms with van der Waals surface area (Å²) in [5, 5.41) is 4.01. The second-order valence-electron chi connectivity index (χ2n) is 6.99. The molecule has 7 heteroatoms. The van der Waals surface area contributed by atoms with E-state index in [9.17, 15) is 4.79 Å². The van der Waals surface area contributed by atoms with E-state index >= 15 is 0 Å². The molecular formula is C19H23N3O4. The summed E-state index contributed by atoms with van der Waals surface area (Å²) >= 11 is 0. The molecule has 1 aromatic heterocycles. The molecule has 7 nitrogen and oxygen atoms in total. The Labute approximate surface area is 152 Å². The number of aromatic nitrogens is 2. The number of hydrogen-bond donors (Lipinski definition) is 0. The number of nitrogens with zero attached hydrogens (tertiary/aromatic N) is 3. The molecule has 0 bridgehead atoms. The Morgan fingerprint density at radius 1 is 1.38 bits per heavy atom. The number of carbonyl (C=O) groups is 1. The fourth-order valence-electron chi connectivity index (χ4n) is 3.27. The van der Waals surface area contributed by atoms with Crippen LogP contribution in [0.15, 0.2) is 22.7 Å². The smallest absolute Gasteiger partial charge is 0.229 e. The number of para-hydroxylation sites is 1. The Kier molecular flexibility index (Phi) is 4.53. The summed E-state index contributed by atoms with van der Waals surface area (Å²) in [6, 6.07) is 5.77. The Morgan fingerprint density at radius 3 is 3.00 bits per heavy atom. The van der Waals surface area contributed by atoms with Gasteiger partial charge in [0.15, 0.2) is 17.3 Å². The van der Waals surface area contributed by atoms with Gasteiger partial charge in [-0.05, 0) is 30.9 Å². The highest BCUT2D eigenvalue weighted by molar-refractivity contribution is 5.79. The van der Waals surface area contributed by atoms with Crippen LogP contribution in [0.3, 0.4) is 0 Å². The second-order valence-corrected chi connectivity index (χ2v) is 6.99. The maximum Gasteiger partial charge on any atom is 0.229 e. The van der Waals surface area contributed by atoms with Gasteiger partial charge in [0, 0.05) is 25.9 Å². The zero-order valence-corrected chi connectivity index (χ0v) is 15.1. The molecular weight excluding hydrogens is 334 g/mol. The molecule has 26 heavy (non-hydrogen) atoms. The van der Waals surface area contributed by atoms with Crippen LogP contribution in [-0.2, 0) is 17.6 Å². The van der Waals surface area contributed by atoms with Gasteiger partial charge < -0.3 is 18.9 Å². The molecule has 138 valence electrons. The maximum atomic E-state index is 12.8. The van der Waals surface area contributed by atoms with Crippen LogP contribution in [0, 0.1) is 5.92 Å². The lowest BCUT2D eigenvalue weighted by Crippen LogP contribution is -2.39. The summed E-state index contributed by atoms with van der Waals surface area (Å²) in [5.74, 6) is 3.21. The van der Waals surface area contributed by atoms with Gasteiger partial charge in [0.2, 0.25) is 11.8 Å². The number of ether oxygens (including phenoxy) is 2. The average molecular weight is 357 g/mol. The van der Waals surface area contributed by atoms with Crippen LogP contribution in [0.2, 0.25) is 0 Å². The Bertz CT molecular complexity index is 800. The third-order valence-electron chi connectivity index (χ3n) is 4.98. The van der Waals surface area contributed by atoms with Crippen LogP contribution in [0.5, 0.6) is 11.5 Å². The first-order valence-electron chi connectivity index (χ1n) is 9.02. The predicted octanol–water partition coefficient (Wildman–Crippen LogP) is 2.21. The highest BCUT2D eigenvalue weighted by Crippen LogP contribution is 2.39. The van der Waals surface area contributed by atoms with Gasteiger partial charge in [-0.2, -0.15) is 4.98 Å². The highest BCUT2D eigenvalue weighted by Gasteiger charge is 2.31. The zero-order valence-electron chi connectivity index (χ0n) is 15.1. The fraction of sp³-hybridized carbons (Fsp3) is 0.526. The van der Waals surface area contributed by atoms with Crippen molar-refractivity contribution in [2.45, 2.75) is 31.6 Å². The number of rotatable bonds is 6. The first-order chi connectivity index (χ1) is 12.7. The number of fused-ring (bicyclic) bond motifs is 1. The monoisotopic (exact) mass is 357 g/mol. The lowest BCUT2D eigenvalue weighted by Gasteiger charge is -2.28. The Hall–Kier alpha value is -2.57. The number of hydrogen-bond acceptors (Lipinski definition) is 6. The van der Waals surface area contributed by atoms with Crippen molar-refractivity contribution in [2.75, 3.05) is 27.3 Å². The molecule has 1 aromatic carbocycles. The molecule has 1 fully saturated rings. The summed E-state index contributed by atoms with van der Waals surface area (Å²) in [6.45, 7) is 0.925. The van der Waals surface area contributed by atoms with Crippen molar-refractivity contribution in [1.82, 2.24) is 15.0 Å². The van der Waals surface area contributed by atoms with Crippen molar-refractivity contribution < 1.29 is 18.8 Å². The molecule has 1 amide bonds. The normalized spacial score (nSPS) is 18.8. The van der Waals surface area contributed by atoms with E-state index in [1.54, 1.807) is 12.0 Å². The number of amides is 1. The Morgan fingerprint density at radius 2 is 2.23 bits per heavy atom. The van der Waals surface area contributed by atoms with Crippen molar-refractivity contribution in [3.05, 3.63) is 35.5 Å². The van der Waals surface area contributed by atoms with Gasteiger partial charge in [0.1, 0.15) is 6.61 Å². The molecule has 0 unspecified atom stereocenters. The van der Waals surface area contributed by atoms with Gasteiger partial charge in [-0.1, -0.05) is 17.3 Å². The van der Waals surface area contributed by atoms with E-state index in [-0.39, 0.29) is 11.8 Å². The topological polar surface area (TPSA) is 77.7 Å². The van der Waals surface area contributed by atoms with Crippen LogP contribution in [0.25, 0.3) is 0 Å². The molecule has 1 aliphatic heterocycles. The quantitative estimate of drug-likeness (QED) is 0.789. The molecule has 0 N–H and O–H groups in total. The van der Waals surface area contributed by atoms with Crippen LogP contribution in [0.1, 0.15) is 36.0 Å². The SMILES string of the molecule is COc1cccc2c1OC[C@@H](C(=O)N(C)CCc1noc(C3CC3)n1)C2. The van der Waals surface area contributed by atoms with Crippen molar-refractivity contribution in [2.24, 2.45) is 5.92 Å². The Balaban J connectivity index is 1.34. The van der Waals surface area contributed by atoms with E-state index in [1.807, 2.05) is 25.2 Å². The van der Waals surface area contributed by atoms with Gasteiger partial charge in [0.25, 0.3) is 0 Å². The summed E-state index contributed by atoms with van der Waals surface area (Å²) < 4.78 is 16.4. The van der Waals surface area contributed by atoms with Crippen LogP contribution < -0.4 is 9.47 Å². The van der Waals surface area contributed by atoms with Crippen molar-refractivity contribution >= 4 is 5.91 Å². The second kappa shape index (κ2) is 6.97. The third-order valence-corrected chi connectivity index (χ3v) is 4.98. The third kappa shape index (κ3) is 3.38. The molecule has 1 saturated carbocycles. The van der Waals surface area contributed by atoms with Gasteiger partial charge in [0.05, 0.1) is 13.0 Å². The molecule has 2 aromatic rings. The number of methoxy groups -OCH3 is 1. The lowest BCUT2D eigenvalue weighted by atomic mass is 9.95. The molecule has 2 heterocycles. The van der Waals surface area contributed by atoms with E-state index < -0.39 is 0 Å². The van der Waals surface area contributed by atoms with Crippen molar-refractivity contribution in [3.63, 3.8) is 0 Å². The highest BCUT2D eigenvalue weighted by atomic mass is 16.5. The fourth-order valence-corrected chi connectivity index (χ4v) is 3.27.